The largest absolute Gasteiger partial charge is 0.456 e. The van der Waals surface area contributed by atoms with Crippen LogP contribution < -0.4 is 4.74 Å². The van der Waals surface area contributed by atoms with Gasteiger partial charge in [0.1, 0.15) is 11.5 Å². The second-order valence-electron chi connectivity index (χ2n) is 3.83. The first-order valence-corrected chi connectivity index (χ1v) is 5.48. The number of benzene rings is 1. The van der Waals surface area contributed by atoms with Crippen molar-refractivity contribution in [3.05, 3.63) is 73.1 Å². The van der Waals surface area contributed by atoms with E-state index in [4.69, 9.17) is 4.74 Å². The van der Waals surface area contributed by atoms with Crippen LogP contribution >= 0.6 is 0 Å². The first-order chi connectivity index (χ1) is 8.10. The molecule has 0 aromatic heterocycles. The molecule has 0 unspecified atom stereocenters. The summed E-state index contributed by atoms with van der Waals surface area (Å²) in [4.78, 5) is 0. The highest BCUT2D eigenvalue weighted by atomic mass is 16.5. The number of hydrogen-bond acceptors (Lipinski definition) is 1. The Morgan fingerprint density at radius 1 is 1.12 bits per heavy atom. The zero-order chi connectivity index (χ0) is 12.8. The molecule has 88 valence electrons. The topological polar surface area (TPSA) is 9.23 Å². The van der Waals surface area contributed by atoms with Crippen LogP contribution in [0.2, 0.25) is 0 Å². The SMILES string of the molecule is C=C/C(C)=C(\C=C)Oc1ccccc1C(=C)C. The summed E-state index contributed by atoms with van der Waals surface area (Å²) in [5.41, 5.74) is 2.93. The van der Waals surface area contributed by atoms with Crippen molar-refractivity contribution in [3.63, 3.8) is 0 Å². The minimum Gasteiger partial charge on any atom is -0.456 e. The van der Waals surface area contributed by atoms with E-state index < -0.39 is 0 Å². The summed E-state index contributed by atoms with van der Waals surface area (Å²) in [5, 5.41) is 0. The van der Waals surface area contributed by atoms with Crippen molar-refractivity contribution in [2.75, 3.05) is 0 Å². The molecule has 1 nitrogen and oxygen atoms in total. The number of ether oxygens (including phenoxy) is 1. The average Bonchev–Trinajstić information content (AvgIpc) is 2.35. The highest BCUT2D eigenvalue weighted by Gasteiger charge is 2.06. The maximum Gasteiger partial charge on any atom is 0.134 e. The van der Waals surface area contributed by atoms with Crippen LogP contribution in [-0.2, 0) is 0 Å². The Morgan fingerprint density at radius 3 is 2.29 bits per heavy atom. The predicted molar refractivity (Wildman–Crippen MR) is 74.9 cm³/mol. The summed E-state index contributed by atoms with van der Waals surface area (Å²) < 4.78 is 5.84. The van der Waals surface area contributed by atoms with Crippen molar-refractivity contribution in [3.8, 4) is 5.75 Å². The van der Waals surface area contributed by atoms with Crippen LogP contribution in [0.5, 0.6) is 5.75 Å². The van der Waals surface area contributed by atoms with Crippen molar-refractivity contribution < 1.29 is 4.74 Å². The molecule has 0 aliphatic carbocycles. The minimum atomic E-state index is 0.716. The Labute approximate surface area is 103 Å². The first kappa shape index (κ1) is 13.0. The number of hydrogen-bond donors (Lipinski definition) is 0. The molecular formula is C16H18O. The third-order valence-corrected chi connectivity index (χ3v) is 2.45. The van der Waals surface area contributed by atoms with Gasteiger partial charge in [0.25, 0.3) is 0 Å². The number of allylic oxidation sites excluding steroid dienone is 4. The van der Waals surface area contributed by atoms with E-state index in [-0.39, 0.29) is 0 Å². The van der Waals surface area contributed by atoms with Crippen molar-refractivity contribution in [1.82, 2.24) is 0 Å². The van der Waals surface area contributed by atoms with E-state index in [2.05, 4.69) is 19.7 Å². The summed E-state index contributed by atoms with van der Waals surface area (Å²) >= 11 is 0. The van der Waals surface area contributed by atoms with E-state index in [1.54, 1.807) is 12.2 Å². The maximum absolute atomic E-state index is 5.84. The van der Waals surface area contributed by atoms with Gasteiger partial charge in [-0.25, -0.2) is 0 Å². The van der Waals surface area contributed by atoms with Crippen molar-refractivity contribution in [2.24, 2.45) is 0 Å². The Hall–Kier alpha value is -2.02. The highest BCUT2D eigenvalue weighted by Crippen LogP contribution is 2.27. The molecule has 0 bridgehead atoms. The Kier molecular flexibility index (Phi) is 4.53. The first-order valence-electron chi connectivity index (χ1n) is 5.48. The summed E-state index contributed by atoms with van der Waals surface area (Å²) in [6.07, 6.45) is 3.44. The second-order valence-corrected chi connectivity index (χ2v) is 3.83. The summed E-state index contributed by atoms with van der Waals surface area (Å²) in [6, 6.07) is 7.81. The van der Waals surface area contributed by atoms with Gasteiger partial charge in [0.15, 0.2) is 0 Å². The molecule has 0 atom stereocenters. The van der Waals surface area contributed by atoms with Crippen LogP contribution in [-0.4, -0.2) is 0 Å². The van der Waals surface area contributed by atoms with E-state index in [1.165, 1.54) is 0 Å². The van der Waals surface area contributed by atoms with E-state index in [9.17, 15) is 0 Å². The predicted octanol–water partition coefficient (Wildman–Crippen LogP) is 4.74. The standard InChI is InChI=1S/C16H18O/c1-6-13(5)15(7-2)17-16-11-9-8-10-14(16)12(3)4/h6-11H,1-3H2,4-5H3/b15-13+. The molecule has 0 amide bonds. The lowest BCUT2D eigenvalue weighted by molar-refractivity contribution is 0.439. The quantitative estimate of drug-likeness (QED) is 0.520. The third kappa shape index (κ3) is 3.22. The van der Waals surface area contributed by atoms with Crippen LogP contribution in [0.1, 0.15) is 19.4 Å². The molecule has 0 spiro atoms. The molecule has 0 aliphatic rings. The lowest BCUT2D eigenvalue weighted by Gasteiger charge is -2.12. The van der Waals surface area contributed by atoms with Crippen LogP contribution in [0.15, 0.2) is 67.5 Å². The van der Waals surface area contributed by atoms with Crippen LogP contribution in [0.4, 0.5) is 0 Å². The van der Waals surface area contributed by atoms with Gasteiger partial charge in [0, 0.05) is 5.56 Å². The van der Waals surface area contributed by atoms with Crippen LogP contribution in [0, 0.1) is 0 Å². The number of para-hydroxylation sites is 1. The van der Waals surface area contributed by atoms with Gasteiger partial charge in [0.05, 0.1) is 0 Å². The van der Waals surface area contributed by atoms with Gasteiger partial charge in [-0.1, -0.05) is 44.0 Å². The van der Waals surface area contributed by atoms with Gasteiger partial charge < -0.3 is 4.74 Å². The molecule has 17 heavy (non-hydrogen) atoms. The van der Waals surface area contributed by atoms with Gasteiger partial charge in [-0.15, -0.1) is 0 Å². The molecule has 0 fully saturated rings. The Morgan fingerprint density at radius 2 is 1.76 bits per heavy atom. The third-order valence-electron chi connectivity index (χ3n) is 2.45. The lowest BCUT2D eigenvalue weighted by atomic mass is 10.1. The molecule has 1 aromatic rings. The normalized spacial score (nSPS) is 11.4. The zero-order valence-corrected chi connectivity index (χ0v) is 10.5. The monoisotopic (exact) mass is 226 g/mol. The Balaban J connectivity index is 3.15. The fourth-order valence-electron chi connectivity index (χ4n) is 1.41. The van der Waals surface area contributed by atoms with Crippen molar-refractivity contribution >= 4 is 5.57 Å². The van der Waals surface area contributed by atoms with Gasteiger partial charge in [-0.05, 0) is 37.1 Å². The number of rotatable bonds is 5. The lowest BCUT2D eigenvalue weighted by Crippen LogP contribution is -1.97. The van der Waals surface area contributed by atoms with Gasteiger partial charge in [-0.3, -0.25) is 0 Å². The van der Waals surface area contributed by atoms with Crippen molar-refractivity contribution in [2.45, 2.75) is 13.8 Å². The van der Waals surface area contributed by atoms with E-state index in [0.717, 1.165) is 22.5 Å². The molecule has 0 saturated carbocycles. The second kappa shape index (κ2) is 5.90. The molecule has 0 saturated heterocycles. The fourth-order valence-corrected chi connectivity index (χ4v) is 1.41. The van der Waals surface area contributed by atoms with Gasteiger partial charge in [0.2, 0.25) is 0 Å². The smallest absolute Gasteiger partial charge is 0.134 e. The summed E-state index contributed by atoms with van der Waals surface area (Å²) in [6.45, 7) is 15.3. The molecule has 0 aliphatic heterocycles. The molecule has 0 heterocycles. The van der Waals surface area contributed by atoms with Gasteiger partial charge in [-0.2, -0.15) is 0 Å². The molecule has 0 radical (unpaired) electrons. The fraction of sp³-hybridized carbons (Fsp3) is 0.125. The molecular weight excluding hydrogens is 208 g/mol. The van der Waals surface area contributed by atoms with Gasteiger partial charge >= 0.3 is 0 Å². The molecule has 0 N–H and O–H groups in total. The summed E-state index contributed by atoms with van der Waals surface area (Å²) in [5.74, 6) is 1.50. The van der Waals surface area contributed by atoms with E-state index in [0.29, 0.717) is 5.76 Å². The Bertz CT molecular complexity index is 478. The average molecular weight is 226 g/mol. The molecule has 1 rings (SSSR count). The minimum absolute atomic E-state index is 0.716. The summed E-state index contributed by atoms with van der Waals surface area (Å²) in [7, 11) is 0. The maximum atomic E-state index is 5.84. The van der Waals surface area contributed by atoms with Crippen LogP contribution in [0.3, 0.4) is 0 Å². The molecule has 1 heteroatoms. The van der Waals surface area contributed by atoms with Crippen molar-refractivity contribution in [1.29, 1.82) is 0 Å². The van der Waals surface area contributed by atoms with E-state index >= 15 is 0 Å². The zero-order valence-electron chi connectivity index (χ0n) is 10.5. The van der Waals surface area contributed by atoms with E-state index in [1.807, 2.05) is 38.1 Å². The van der Waals surface area contributed by atoms with Crippen LogP contribution in [0.25, 0.3) is 5.57 Å². The molecule has 1 aromatic carbocycles. The highest BCUT2D eigenvalue weighted by molar-refractivity contribution is 5.67.